The minimum absolute atomic E-state index is 0.0177. The lowest BCUT2D eigenvalue weighted by Gasteiger charge is -2.75. The lowest BCUT2D eigenvalue weighted by atomic mass is 9.38. The lowest BCUT2D eigenvalue weighted by molar-refractivity contribution is -0.153. The third-order valence-corrected chi connectivity index (χ3v) is 8.75. The van der Waals surface area contributed by atoms with Gasteiger partial charge in [0.25, 0.3) is 0 Å². The second-order valence-corrected chi connectivity index (χ2v) is 13.5. The predicted molar refractivity (Wildman–Crippen MR) is 114 cm³/mol. The summed E-state index contributed by atoms with van der Waals surface area (Å²) in [6.45, 7) is 27.2. The molecule has 2 nitrogen and oxygen atoms in total. The highest BCUT2D eigenvalue weighted by atomic mass is 31.1. The minimum atomic E-state index is -0.597. The Balaban J connectivity index is 3.04. The molecule has 1 aliphatic heterocycles. The molecule has 0 bridgehead atoms. The Kier molecular flexibility index (Phi) is 4.56. The van der Waals surface area contributed by atoms with Gasteiger partial charge in [-0.2, -0.15) is 0 Å². The average molecular weight is 379 g/mol. The lowest BCUT2D eigenvalue weighted by Crippen LogP contribution is -2.78. The van der Waals surface area contributed by atoms with E-state index in [1.54, 1.807) is 7.11 Å². The molecule has 0 aromatic carbocycles. The van der Waals surface area contributed by atoms with Crippen LogP contribution >= 0.6 is 8.20 Å². The van der Waals surface area contributed by atoms with Gasteiger partial charge in [-0.15, -0.1) is 0 Å². The van der Waals surface area contributed by atoms with Crippen LogP contribution in [0.15, 0.2) is 11.1 Å². The summed E-state index contributed by atoms with van der Waals surface area (Å²) in [6.07, 6.45) is 0. The first kappa shape index (κ1) is 21.7. The van der Waals surface area contributed by atoms with E-state index in [1.807, 2.05) is 0 Å². The number of fused-ring (bicyclic) bond motifs is 1. The molecule has 0 aromatic heterocycles. The van der Waals surface area contributed by atoms with Crippen molar-refractivity contribution in [2.75, 3.05) is 7.11 Å². The summed E-state index contributed by atoms with van der Waals surface area (Å²) >= 11 is 0. The Labute approximate surface area is 163 Å². The summed E-state index contributed by atoms with van der Waals surface area (Å²) in [4.78, 5) is 13.5. The van der Waals surface area contributed by atoms with Crippen molar-refractivity contribution in [1.29, 1.82) is 0 Å². The van der Waals surface area contributed by atoms with Gasteiger partial charge in [-0.25, -0.2) is 0 Å². The van der Waals surface area contributed by atoms with Gasteiger partial charge in [-0.05, 0) is 38.1 Å². The van der Waals surface area contributed by atoms with Crippen LogP contribution in [0.4, 0.5) is 0 Å². The van der Waals surface area contributed by atoms with E-state index < -0.39 is 5.41 Å². The number of carbonyl (C=O) groups is 1. The fourth-order valence-corrected chi connectivity index (χ4v) is 7.91. The number of carbonyl (C=O) groups excluding carboxylic acids is 1. The van der Waals surface area contributed by atoms with E-state index in [0.29, 0.717) is 0 Å². The van der Waals surface area contributed by atoms with Crippen LogP contribution in [0.25, 0.3) is 0 Å². The van der Waals surface area contributed by atoms with E-state index >= 15 is 0 Å². The predicted octanol–water partition coefficient (Wildman–Crippen LogP) is 6.51. The van der Waals surface area contributed by atoms with E-state index in [-0.39, 0.29) is 32.8 Å². The highest BCUT2D eigenvalue weighted by Gasteiger charge is 2.82. The van der Waals surface area contributed by atoms with Crippen LogP contribution in [0.5, 0.6) is 0 Å². The Morgan fingerprint density at radius 3 is 1.46 bits per heavy atom. The monoisotopic (exact) mass is 378 g/mol. The second kappa shape index (κ2) is 5.47. The van der Waals surface area contributed by atoms with Gasteiger partial charge in [0.1, 0.15) is 5.41 Å². The first-order valence-corrected chi connectivity index (χ1v) is 10.7. The molecule has 0 N–H and O–H groups in total. The maximum Gasteiger partial charge on any atom is 0.322 e. The molecule has 148 valence electrons. The summed E-state index contributed by atoms with van der Waals surface area (Å²) < 4.78 is 5.51. The van der Waals surface area contributed by atoms with Gasteiger partial charge in [0.2, 0.25) is 0 Å². The molecule has 0 spiro atoms. The summed E-state index contributed by atoms with van der Waals surface area (Å²) in [5.41, 5.74) is 2.05. The standard InChI is InChI=1S/C23H39O2P/c1-18(2,3)14-15(19(4,5)6)23(21(10,11)12)22(14,17(24)25-13)16(26-23)20(7,8)9/h1-13H3. The molecule has 0 amide bonds. The zero-order valence-corrected chi connectivity index (χ0v) is 20.2. The molecule has 2 rings (SSSR count). The molecule has 0 aromatic rings. The number of esters is 1. The van der Waals surface area contributed by atoms with Crippen molar-refractivity contribution < 1.29 is 9.53 Å². The molecule has 0 saturated heterocycles. The van der Waals surface area contributed by atoms with Crippen molar-refractivity contribution in [1.82, 2.24) is 0 Å². The normalized spacial score (nSPS) is 30.1. The molecule has 1 heterocycles. The van der Waals surface area contributed by atoms with Crippen molar-refractivity contribution >= 4 is 19.5 Å². The molecule has 0 radical (unpaired) electrons. The van der Waals surface area contributed by atoms with Crippen molar-refractivity contribution in [3.8, 4) is 0 Å². The zero-order valence-electron chi connectivity index (χ0n) is 19.3. The molecular weight excluding hydrogens is 339 g/mol. The van der Waals surface area contributed by atoms with Crippen molar-refractivity contribution in [3.63, 3.8) is 0 Å². The molecule has 1 aliphatic carbocycles. The highest BCUT2D eigenvalue weighted by Crippen LogP contribution is 2.82. The molecule has 0 fully saturated rings. The Hall–Kier alpha value is -0.620. The van der Waals surface area contributed by atoms with Crippen molar-refractivity contribution in [3.05, 3.63) is 11.1 Å². The van der Waals surface area contributed by atoms with Gasteiger partial charge < -0.3 is 4.74 Å². The maximum absolute atomic E-state index is 13.5. The van der Waals surface area contributed by atoms with Gasteiger partial charge in [-0.3, -0.25) is 4.79 Å². The number of allylic oxidation sites excluding steroid dienone is 1. The summed E-state index contributed by atoms with van der Waals surface area (Å²) in [5, 5.41) is 1.14. The second-order valence-electron chi connectivity index (χ2n) is 12.2. The van der Waals surface area contributed by atoms with Crippen molar-refractivity contribution in [2.45, 2.75) is 88.2 Å². The van der Waals surface area contributed by atoms with Crippen LogP contribution in [0.1, 0.15) is 83.1 Å². The van der Waals surface area contributed by atoms with E-state index in [0.717, 1.165) is 0 Å². The number of methoxy groups -OCH3 is 1. The van der Waals surface area contributed by atoms with Crippen LogP contribution in [-0.2, 0) is 9.53 Å². The minimum Gasteiger partial charge on any atom is -0.468 e. The SMILES string of the molecule is COC(=O)C12C(C(C)(C)C)=PC1(C(C)(C)C)C(C(C)(C)C)=C2C(C)(C)C. The van der Waals surface area contributed by atoms with E-state index in [2.05, 4.69) is 83.1 Å². The topological polar surface area (TPSA) is 26.3 Å². The largest absolute Gasteiger partial charge is 0.468 e. The van der Waals surface area contributed by atoms with Gasteiger partial charge in [0.05, 0.1) is 12.3 Å². The van der Waals surface area contributed by atoms with Crippen LogP contribution in [0.3, 0.4) is 0 Å². The molecule has 0 saturated carbocycles. The third-order valence-electron chi connectivity index (χ3n) is 5.95. The van der Waals surface area contributed by atoms with Crippen LogP contribution < -0.4 is 0 Å². The average Bonchev–Trinajstić information content (AvgIpc) is 2.33. The zero-order chi connectivity index (χ0) is 20.7. The van der Waals surface area contributed by atoms with Crippen LogP contribution in [-0.4, -0.2) is 23.5 Å². The Bertz CT molecular complexity index is 698. The molecular formula is C23H39O2P. The quantitative estimate of drug-likeness (QED) is 0.295. The maximum atomic E-state index is 13.5. The van der Waals surface area contributed by atoms with Crippen LogP contribution in [0, 0.1) is 27.1 Å². The summed E-state index contributed by atoms with van der Waals surface area (Å²) in [5.74, 6) is -0.0611. The van der Waals surface area contributed by atoms with E-state index in [9.17, 15) is 4.79 Å². The number of rotatable bonds is 1. The van der Waals surface area contributed by atoms with Crippen molar-refractivity contribution in [2.24, 2.45) is 27.1 Å². The van der Waals surface area contributed by atoms with Gasteiger partial charge in [-0.1, -0.05) is 91.3 Å². The van der Waals surface area contributed by atoms with Gasteiger partial charge in [0.15, 0.2) is 0 Å². The van der Waals surface area contributed by atoms with Crippen LogP contribution in [0.2, 0.25) is 0 Å². The summed E-state index contributed by atoms with van der Waals surface area (Å²) in [6, 6.07) is 0. The molecule has 26 heavy (non-hydrogen) atoms. The number of hydrogen-bond donors (Lipinski definition) is 0. The van der Waals surface area contributed by atoms with Gasteiger partial charge >= 0.3 is 5.97 Å². The fourth-order valence-electron chi connectivity index (χ4n) is 5.49. The molecule has 2 atom stereocenters. The summed E-state index contributed by atoms with van der Waals surface area (Å²) in [7, 11) is 2.86. The Morgan fingerprint density at radius 2 is 1.19 bits per heavy atom. The number of ether oxygens (including phenoxy) is 1. The highest BCUT2D eigenvalue weighted by molar-refractivity contribution is 7.47. The fraction of sp³-hybridized carbons (Fsp3) is 0.826. The first-order valence-electron chi connectivity index (χ1n) is 9.76. The molecule has 2 aliphatic rings. The third kappa shape index (κ3) is 2.36. The number of hydrogen-bond acceptors (Lipinski definition) is 2. The first-order chi connectivity index (χ1) is 11.3. The van der Waals surface area contributed by atoms with E-state index in [1.165, 1.54) is 24.6 Å². The van der Waals surface area contributed by atoms with Gasteiger partial charge in [0, 0.05) is 0 Å². The Morgan fingerprint density at radius 1 is 0.769 bits per heavy atom. The molecule has 2 unspecified atom stereocenters. The molecule has 3 heteroatoms. The smallest absolute Gasteiger partial charge is 0.322 e. The van der Waals surface area contributed by atoms with E-state index in [4.69, 9.17) is 4.74 Å².